The number of nitrogens with two attached hydrogens (primary N) is 1. The van der Waals surface area contributed by atoms with Gasteiger partial charge in [0.05, 0.1) is 0 Å². The first-order valence-corrected chi connectivity index (χ1v) is 4.91. The Morgan fingerprint density at radius 2 is 2.07 bits per heavy atom. The molecule has 0 bridgehead atoms. The van der Waals surface area contributed by atoms with Crippen molar-refractivity contribution >= 4 is 5.78 Å². The fourth-order valence-electron chi connectivity index (χ4n) is 1.42. The quantitative estimate of drug-likeness (QED) is 0.824. The van der Waals surface area contributed by atoms with Crippen molar-refractivity contribution in [1.29, 1.82) is 0 Å². The lowest BCUT2D eigenvalue weighted by molar-refractivity contribution is -0.116. The molecule has 0 saturated carbocycles. The number of carbonyl (C=O) groups is 1. The van der Waals surface area contributed by atoms with Gasteiger partial charge >= 0.3 is 0 Å². The molecule has 0 aromatic heterocycles. The molecule has 0 spiro atoms. The van der Waals surface area contributed by atoms with Crippen LogP contribution in [0, 0.1) is 6.92 Å². The lowest BCUT2D eigenvalue weighted by Gasteiger charge is -2.06. The third-order valence-electron chi connectivity index (χ3n) is 2.40. The normalized spacial score (nSPS) is 9.53. The third kappa shape index (κ3) is 4.26. The van der Waals surface area contributed by atoms with E-state index < -0.39 is 0 Å². The Labute approximate surface area is 92.5 Å². The molecule has 0 radical (unpaired) electrons. The van der Waals surface area contributed by atoms with Crippen molar-refractivity contribution in [3.8, 4) is 0 Å². The van der Waals surface area contributed by atoms with Crippen molar-refractivity contribution in [3.05, 3.63) is 34.9 Å². The van der Waals surface area contributed by atoms with Gasteiger partial charge < -0.3 is 10.5 Å². The van der Waals surface area contributed by atoms with Crippen LogP contribution in [0.5, 0.6) is 0 Å². The molecule has 15 heavy (non-hydrogen) atoms. The van der Waals surface area contributed by atoms with Crippen LogP contribution in [-0.4, -0.2) is 5.78 Å². The fourth-order valence-corrected chi connectivity index (χ4v) is 1.42. The fraction of sp³-hybridized carbons (Fsp3) is 0.462. The number of aryl methyl sites for hydroxylation is 2. The van der Waals surface area contributed by atoms with Crippen molar-refractivity contribution in [3.63, 3.8) is 0 Å². The summed E-state index contributed by atoms with van der Waals surface area (Å²) in [6.45, 7) is 4.24. The van der Waals surface area contributed by atoms with Crippen molar-refractivity contribution < 1.29 is 4.79 Å². The molecule has 0 aliphatic carbocycles. The van der Waals surface area contributed by atoms with E-state index in [1.807, 2.05) is 0 Å². The molecule has 0 saturated heterocycles. The zero-order valence-corrected chi connectivity index (χ0v) is 8.84. The van der Waals surface area contributed by atoms with Crippen LogP contribution in [0.1, 0.15) is 37.5 Å². The number of hydrogen-bond donors (Lipinski definition) is 1. The molecule has 0 atom stereocenters. The van der Waals surface area contributed by atoms with E-state index in [9.17, 15) is 4.79 Å². The predicted octanol–water partition coefficient (Wildman–Crippen LogP) is 2.61. The lowest BCUT2D eigenvalue weighted by atomic mass is 10.0. The average Bonchev–Trinajstić information content (AvgIpc) is 2.16. The number of hydrogen-bond acceptors (Lipinski definition) is 2. The Morgan fingerprint density at radius 1 is 1.40 bits per heavy atom. The van der Waals surface area contributed by atoms with Gasteiger partial charge in [-0.1, -0.05) is 25.6 Å². The van der Waals surface area contributed by atoms with E-state index in [1.54, 1.807) is 6.92 Å². The van der Waals surface area contributed by atoms with E-state index in [2.05, 4.69) is 25.1 Å². The van der Waals surface area contributed by atoms with E-state index in [-0.39, 0.29) is 13.2 Å². The smallest absolute Gasteiger partial charge is 0.130 e. The first-order chi connectivity index (χ1) is 6.63. The highest BCUT2D eigenvalue weighted by molar-refractivity contribution is 5.75. The highest BCUT2D eigenvalue weighted by Crippen LogP contribution is 2.12. The topological polar surface area (TPSA) is 43.1 Å². The summed E-state index contributed by atoms with van der Waals surface area (Å²) in [5.41, 5.74) is 9.20. The number of benzene rings is 1. The summed E-state index contributed by atoms with van der Waals surface area (Å²) >= 11 is 0. The first kappa shape index (κ1) is 13.8. The molecule has 0 aliphatic heterocycles. The van der Waals surface area contributed by atoms with Gasteiger partial charge in [0.2, 0.25) is 0 Å². The number of Topliss-reactive ketones (excluding diaryl/α,β-unsaturated/α-hetero) is 1. The molecule has 0 amide bonds. The molecule has 84 valence electrons. The molecule has 2 N–H and O–H groups in total. The van der Waals surface area contributed by atoms with Gasteiger partial charge in [0.1, 0.15) is 5.78 Å². The average molecular weight is 207 g/mol. The van der Waals surface area contributed by atoms with Gasteiger partial charge in [0.25, 0.3) is 0 Å². The Morgan fingerprint density at radius 3 is 2.60 bits per heavy atom. The van der Waals surface area contributed by atoms with E-state index in [1.165, 1.54) is 16.7 Å². The van der Waals surface area contributed by atoms with Crippen LogP contribution < -0.4 is 5.73 Å². The molecule has 1 aromatic carbocycles. The van der Waals surface area contributed by atoms with E-state index in [0.717, 1.165) is 6.42 Å². The summed E-state index contributed by atoms with van der Waals surface area (Å²) < 4.78 is 0. The predicted molar refractivity (Wildman–Crippen MR) is 64.8 cm³/mol. The van der Waals surface area contributed by atoms with Crippen LogP contribution in [0.2, 0.25) is 0 Å². The summed E-state index contributed by atoms with van der Waals surface area (Å²) in [6, 6.07) is 6.23. The largest absolute Gasteiger partial charge is 0.326 e. The number of ketones is 1. The maximum Gasteiger partial charge on any atom is 0.130 e. The van der Waals surface area contributed by atoms with Crippen LogP contribution in [0.25, 0.3) is 0 Å². The van der Waals surface area contributed by atoms with Gasteiger partial charge in [-0.15, -0.1) is 0 Å². The summed E-state index contributed by atoms with van der Waals surface area (Å²) in [7, 11) is 0. The molecule has 0 heterocycles. The van der Waals surface area contributed by atoms with E-state index >= 15 is 0 Å². The first-order valence-electron chi connectivity index (χ1n) is 4.91. The van der Waals surface area contributed by atoms with Gasteiger partial charge in [-0.25, -0.2) is 0 Å². The lowest BCUT2D eigenvalue weighted by Crippen LogP contribution is -2.01. The van der Waals surface area contributed by atoms with Crippen LogP contribution in [0.3, 0.4) is 0 Å². The minimum atomic E-state index is 0. The maximum absolute atomic E-state index is 10.8. The van der Waals surface area contributed by atoms with Gasteiger partial charge in [-0.3, -0.25) is 0 Å². The molecular weight excluding hydrogens is 186 g/mol. The highest BCUT2D eigenvalue weighted by Gasteiger charge is 2.00. The summed E-state index contributed by atoms with van der Waals surface area (Å²) in [4.78, 5) is 10.8. The monoisotopic (exact) mass is 207 g/mol. The second-order valence-corrected chi connectivity index (χ2v) is 3.67. The zero-order chi connectivity index (χ0) is 10.6. The van der Waals surface area contributed by atoms with Crippen molar-refractivity contribution in [2.75, 3.05) is 0 Å². The minimum Gasteiger partial charge on any atom is -0.326 e. The number of carbonyl (C=O) groups excluding carboxylic acids is 1. The molecule has 1 rings (SSSR count). The standard InChI is InChI=1S/C12H17NO.CH4/c1-9-3-5-11(6-4-10(2)14)7-12(9)8-13;/h3,5,7H,4,6,8,13H2,1-2H3;1H4. The van der Waals surface area contributed by atoms with E-state index in [0.29, 0.717) is 13.0 Å². The second kappa shape index (κ2) is 6.36. The number of rotatable bonds is 4. The molecule has 0 unspecified atom stereocenters. The van der Waals surface area contributed by atoms with E-state index in [4.69, 9.17) is 5.73 Å². The Bertz CT molecular complexity index is 331. The Hall–Kier alpha value is -1.15. The van der Waals surface area contributed by atoms with Crippen LogP contribution in [0.15, 0.2) is 18.2 Å². The maximum atomic E-state index is 10.8. The van der Waals surface area contributed by atoms with Gasteiger partial charge in [0, 0.05) is 13.0 Å². The molecule has 1 aromatic rings. The third-order valence-corrected chi connectivity index (χ3v) is 2.40. The minimum absolute atomic E-state index is 0. The summed E-state index contributed by atoms with van der Waals surface area (Å²) in [5.74, 6) is 0.236. The second-order valence-electron chi connectivity index (χ2n) is 3.67. The summed E-state index contributed by atoms with van der Waals surface area (Å²) in [5, 5.41) is 0. The van der Waals surface area contributed by atoms with Crippen molar-refractivity contribution in [2.24, 2.45) is 5.73 Å². The highest BCUT2D eigenvalue weighted by atomic mass is 16.1. The van der Waals surface area contributed by atoms with Crippen LogP contribution in [-0.2, 0) is 17.8 Å². The molecule has 2 nitrogen and oxygen atoms in total. The van der Waals surface area contributed by atoms with Gasteiger partial charge in [-0.05, 0) is 37.0 Å². The van der Waals surface area contributed by atoms with Crippen molar-refractivity contribution in [2.45, 2.75) is 40.7 Å². The van der Waals surface area contributed by atoms with Crippen LogP contribution in [0.4, 0.5) is 0 Å². The summed E-state index contributed by atoms with van der Waals surface area (Å²) in [6.07, 6.45) is 1.44. The SMILES string of the molecule is C.CC(=O)CCc1ccc(C)c(CN)c1. The van der Waals surface area contributed by atoms with Gasteiger partial charge in [0.15, 0.2) is 0 Å². The zero-order valence-electron chi connectivity index (χ0n) is 8.84. The molecular formula is C13H21NO. The molecule has 2 heteroatoms. The molecule has 0 fully saturated rings. The Balaban J connectivity index is 0.00000196. The van der Waals surface area contributed by atoms with Gasteiger partial charge in [-0.2, -0.15) is 0 Å². The Kier molecular flexibility index (Phi) is 5.87. The van der Waals surface area contributed by atoms with Crippen molar-refractivity contribution in [1.82, 2.24) is 0 Å². The van der Waals surface area contributed by atoms with Crippen LogP contribution >= 0.6 is 0 Å². The molecule has 0 aliphatic rings.